The third kappa shape index (κ3) is 3.53. The Morgan fingerprint density at radius 3 is 2.60 bits per heavy atom. The third-order valence-corrected chi connectivity index (χ3v) is 2.61. The van der Waals surface area contributed by atoms with Gasteiger partial charge in [0.05, 0.1) is 10.2 Å². The van der Waals surface area contributed by atoms with Gasteiger partial charge in [0.1, 0.15) is 11.6 Å². The number of alkyl halides is 1. The Hall–Kier alpha value is -0.490. The first-order valence-electron chi connectivity index (χ1n) is 4.05. The number of rotatable bonds is 3. The smallest absolute Gasteiger partial charge is 0.225 e. The molecular weight excluding hydrogens is 336 g/mol. The van der Waals surface area contributed by atoms with Crippen LogP contribution < -0.4 is 5.32 Å². The fourth-order valence-electron chi connectivity index (χ4n) is 0.917. The van der Waals surface area contributed by atoms with Gasteiger partial charge < -0.3 is 5.32 Å². The van der Waals surface area contributed by atoms with E-state index in [0.717, 1.165) is 12.1 Å². The molecule has 1 N–H and O–H groups in total. The molecule has 0 atom stereocenters. The summed E-state index contributed by atoms with van der Waals surface area (Å²) in [5.74, 6) is -1.66. The van der Waals surface area contributed by atoms with Crippen molar-refractivity contribution in [2.45, 2.75) is 6.42 Å². The Labute approximate surface area is 102 Å². The minimum atomic E-state index is -0.675. The summed E-state index contributed by atoms with van der Waals surface area (Å²) in [6.07, 6.45) is 0.205. The van der Waals surface area contributed by atoms with E-state index in [1.54, 1.807) is 0 Å². The van der Waals surface area contributed by atoms with Gasteiger partial charge in [-0.2, -0.15) is 0 Å². The molecule has 0 bridgehead atoms. The molecule has 0 aliphatic heterocycles. The van der Waals surface area contributed by atoms with E-state index in [9.17, 15) is 13.6 Å². The second-order valence-electron chi connectivity index (χ2n) is 2.73. The number of hydrogen-bond acceptors (Lipinski definition) is 1. The van der Waals surface area contributed by atoms with Gasteiger partial charge in [-0.25, -0.2) is 8.78 Å². The van der Waals surface area contributed by atoms with Gasteiger partial charge in [-0.15, -0.1) is 0 Å². The number of amides is 1. The van der Waals surface area contributed by atoms with Crippen molar-refractivity contribution >= 4 is 43.5 Å². The summed E-state index contributed by atoms with van der Waals surface area (Å²) in [5.41, 5.74) is -0.151. The van der Waals surface area contributed by atoms with Crippen molar-refractivity contribution in [3.8, 4) is 0 Å². The van der Waals surface area contributed by atoms with Crippen LogP contribution in [0, 0.1) is 11.6 Å². The maximum absolute atomic E-state index is 13.2. The summed E-state index contributed by atoms with van der Waals surface area (Å²) in [4.78, 5) is 11.1. The van der Waals surface area contributed by atoms with Crippen molar-refractivity contribution < 1.29 is 13.6 Å². The minimum Gasteiger partial charge on any atom is -0.323 e. The van der Waals surface area contributed by atoms with Crippen LogP contribution in [-0.2, 0) is 4.79 Å². The average molecular weight is 343 g/mol. The van der Waals surface area contributed by atoms with Crippen molar-refractivity contribution in [2.75, 3.05) is 10.6 Å². The molecule has 0 aliphatic rings. The van der Waals surface area contributed by atoms with E-state index in [1.165, 1.54) is 0 Å². The van der Waals surface area contributed by atoms with Crippen molar-refractivity contribution in [3.05, 3.63) is 28.2 Å². The first-order valence-corrected chi connectivity index (χ1v) is 5.96. The third-order valence-electron chi connectivity index (χ3n) is 1.61. The minimum absolute atomic E-state index is 0.0264. The molecule has 0 unspecified atom stereocenters. The second-order valence-corrected chi connectivity index (χ2v) is 4.38. The summed E-state index contributed by atoms with van der Waals surface area (Å²) in [7, 11) is 0. The van der Waals surface area contributed by atoms with Crippen LogP contribution in [0.15, 0.2) is 16.6 Å². The molecule has 0 heterocycles. The van der Waals surface area contributed by atoms with Crippen LogP contribution >= 0.6 is 31.9 Å². The lowest BCUT2D eigenvalue weighted by atomic mass is 10.3. The molecule has 0 radical (unpaired) electrons. The largest absolute Gasteiger partial charge is 0.323 e. The van der Waals surface area contributed by atoms with E-state index >= 15 is 0 Å². The molecule has 0 spiro atoms. The van der Waals surface area contributed by atoms with Gasteiger partial charge in [0.2, 0.25) is 5.91 Å². The lowest BCUT2D eigenvalue weighted by molar-refractivity contribution is -0.115. The molecule has 0 aliphatic carbocycles. The summed E-state index contributed by atoms with van der Waals surface area (Å²) < 4.78 is 26.3. The van der Waals surface area contributed by atoms with Crippen LogP contribution in [0.3, 0.4) is 0 Å². The van der Waals surface area contributed by atoms with Crippen molar-refractivity contribution in [3.63, 3.8) is 0 Å². The summed E-state index contributed by atoms with van der Waals surface area (Å²) >= 11 is 5.91. The van der Waals surface area contributed by atoms with E-state index in [2.05, 4.69) is 37.2 Å². The van der Waals surface area contributed by atoms with E-state index in [1.807, 2.05) is 0 Å². The molecular formula is C9H7Br2F2NO. The second kappa shape index (κ2) is 5.55. The number of carbonyl (C=O) groups excluding carboxylic acids is 1. The number of carbonyl (C=O) groups is 1. The molecule has 1 rings (SSSR count). The number of anilines is 1. The normalized spacial score (nSPS) is 10.1. The Balaban J connectivity index is 2.86. The Kier molecular flexibility index (Phi) is 4.66. The summed E-state index contributed by atoms with van der Waals surface area (Å²) in [6, 6.07) is 1.91. The number of halogens is 4. The van der Waals surface area contributed by atoms with Gasteiger partial charge in [-0.05, 0) is 22.0 Å². The van der Waals surface area contributed by atoms with Crippen molar-refractivity contribution in [1.82, 2.24) is 0 Å². The van der Waals surface area contributed by atoms with Crippen LogP contribution in [0.4, 0.5) is 14.5 Å². The van der Waals surface area contributed by atoms with Crippen LogP contribution in [-0.4, -0.2) is 11.2 Å². The zero-order valence-electron chi connectivity index (χ0n) is 7.49. The fraction of sp³-hybridized carbons (Fsp3) is 0.222. The van der Waals surface area contributed by atoms with Crippen LogP contribution in [0.5, 0.6) is 0 Å². The molecule has 0 fully saturated rings. The van der Waals surface area contributed by atoms with Crippen molar-refractivity contribution in [2.24, 2.45) is 0 Å². The predicted octanol–water partition coefficient (Wildman–Crippen LogP) is 3.45. The molecule has 0 saturated carbocycles. The Morgan fingerprint density at radius 2 is 2.00 bits per heavy atom. The highest BCUT2D eigenvalue weighted by molar-refractivity contribution is 9.10. The Bertz CT molecular complexity index is 385. The lowest BCUT2D eigenvalue weighted by Crippen LogP contribution is -2.13. The van der Waals surface area contributed by atoms with Gasteiger partial charge in [-0.1, -0.05) is 15.9 Å². The number of nitrogens with one attached hydrogen (secondary N) is 1. The molecule has 15 heavy (non-hydrogen) atoms. The van der Waals surface area contributed by atoms with Gasteiger partial charge in [0, 0.05) is 17.8 Å². The zero-order chi connectivity index (χ0) is 11.4. The van der Waals surface area contributed by atoms with Crippen molar-refractivity contribution in [1.29, 1.82) is 0 Å². The highest BCUT2D eigenvalue weighted by Gasteiger charge is 2.10. The molecule has 1 amide bonds. The van der Waals surface area contributed by atoms with Crippen LogP contribution in [0.2, 0.25) is 0 Å². The van der Waals surface area contributed by atoms with Gasteiger partial charge in [-0.3, -0.25) is 4.79 Å². The average Bonchev–Trinajstić information content (AvgIpc) is 2.14. The molecule has 1 aromatic rings. The highest BCUT2D eigenvalue weighted by atomic mass is 79.9. The molecule has 2 nitrogen and oxygen atoms in total. The van der Waals surface area contributed by atoms with E-state index in [4.69, 9.17) is 0 Å². The fourth-order valence-corrected chi connectivity index (χ4v) is 1.59. The summed E-state index contributed by atoms with van der Waals surface area (Å²) in [5, 5.41) is 2.75. The summed E-state index contributed by atoms with van der Waals surface area (Å²) in [6.45, 7) is 0. The maximum atomic E-state index is 13.2. The van der Waals surface area contributed by atoms with E-state index in [-0.39, 0.29) is 22.5 Å². The van der Waals surface area contributed by atoms with Gasteiger partial charge in [0.15, 0.2) is 0 Å². The first kappa shape index (κ1) is 12.6. The van der Waals surface area contributed by atoms with Crippen LogP contribution in [0.1, 0.15) is 6.42 Å². The highest BCUT2D eigenvalue weighted by Crippen LogP contribution is 2.23. The maximum Gasteiger partial charge on any atom is 0.225 e. The molecule has 0 saturated heterocycles. The van der Waals surface area contributed by atoms with Gasteiger partial charge >= 0.3 is 0 Å². The molecule has 0 aromatic heterocycles. The first-order chi connectivity index (χ1) is 7.04. The molecule has 6 heteroatoms. The SMILES string of the molecule is O=C(CCBr)Nc1cc(F)c(Br)cc1F. The Morgan fingerprint density at radius 1 is 1.33 bits per heavy atom. The number of hydrogen-bond donors (Lipinski definition) is 1. The quantitative estimate of drug-likeness (QED) is 0.661. The predicted molar refractivity (Wildman–Crippen MR) is 61.1 cm³/mol. The zero-order valence-corrected chi connectivity index (χ0v) is 10.7. The monoisotopic (exact) mass is 341 g/mol. The molecule has 82 valence electrons. The lowest BCUT2D eigenvalue weighted by Gasteiger charge is -2.06. The van der Waals surface area contributed by atoms with E-state index < -0.39 is 11.6 Å². The number of benzene rings is 1. The molecule has 1 aromatic carbocycles. The topological polar surface area (TPSA) is 29.1 Å². The van der Waals surface area contributed by atoms with Crippen LogP contribution in [0.25, 0.3) is 0 Å². The van der Waals surface area contributed by atoms with E-state index in [0.29, 0.717) is 5.33 Å². The van der Waals surface area contributed by atoms with Gasteiger partial charge in [0.25, 0.3) is 0 Å². The standard InChI is InChI=1S/C9H7Br2F2NO/c10-2-1-9(15)14-8-4-6(12)5(11)3-7(8)13/h3-4H,1-2H2,(H,14,15).